The monoisotopic (exact) mass is 486 g/mol. The zero-order chi connectivity index (χ0) is 25.3. The van der Waals surface area contributed by atoms with Crippen molar-refractivity contribution in [2.75, 3.05) is 23.9 Å². The molecule has 7 nitrogen and oxygen atoms in total. The summed E-state index contributed by atoms with van der Waals surface area (Å²) in [6, 6.07) is 22.2. The Bertz CT molecular complexity index is 1260. The lowest BCUT2D eigenvalue weighted by molar-refractivity contribution is -0.146. The second-order valence-electron chi connectivity index (χ2n) is 9.41. The van der Waals surface area contributed by atoms with Crippen molar-refractivity contribution in [3.8, 4) is 5.75 Å². The Hall–Kier alpha value is -3.68. The van der Waals surface area contributed by atoms with E-state index in [2.05, 4.69) is 12.2 Å². The summed E-state index contributed by atoms with van der Waals surface area (Å²) < 4.78 is 11.5. The summed E-state index contributed by atoms with van der Waals surface area (Å²) >= 11 is 0. The van der Waals surface area contributed by atoms with Crippen LogP contribution in [0, 0.1) is 5.92 Å². The molecule has 0 bridgehead atoms. The van der Waals surface area contributed by atoms with Gasteiger partial charge in [0.15, 0.2) is 5.60 Å². The average Bonchev–Trinajstić information content (AvgIpc) is 3.35. The van der Waals surface area contributed by atoms with Gasteiger partial charge in [-0.25, -0.2) is 0 Å². The van der Waals surface area contributed by atoms with Gasteiger partial charge >= 0.3 is 0 Å². The zero-order valence-corrected chi connectivity index (χ0v) is 20.4. The number of hydrogen-bond acceptors (Lipinski definition) is 5. The van der Waals surface area contributed by atoms with Crippen LogP contribution in [-0.4, -0.2) is 36.7 Å². The molecule has 5 rings (SSSR count). The molecule has 0 radical (unpaired) electrons. The van der Waals surface area contributed by atoms with Gasteiger partial charge in [-0.1, -0.05) is 37.3 Å². The fourth-order valence-corrected chi connectivity index (χ4v) is 5.33. The molecular formula is C29H30N2O5. The summed E-state index contributed by atoms with van der Waals surface area (Å²) in [5, 5.41) is 12.3. The van der Waals surface area contributed by atoms with E-state index in [1.807, 2.05) is 48.5 Å². The van der Waals surface area contributed by atoms with Gasteiger partial charge in [0, 0.05) is 29.3 Å². The summed E-state index contributed by atoms with van der Waals surface area (Å²) in [6.07, 6.45) is 1.11. The highest BCUT2D eigenvalue weighted by molar-refractivity contribution is 6.07. The first kappa shape index (κ1) is 24.0. The highest BCUT2D eigenvalue weighted by Crippen LogP contribution is 2.53. The van der Waals surface area contributed by atoms with Crippen LogP contribution >= 0.6 is 0 Å². The predicted octanol–water partition coefficient (Wildman–Crippen LogP) is 4.50. The van der Waals surface area contributed by atoms with Crippen molar-refractivity contribution in [1.82, 2.24) is 0 Å². The van der Waals surface area contributed by atoms with Crippen molar-refractivity contribution in [1.29, 1.82) is 0 Å². The lowest BCUT2D eigenvalue weighted by atomic mass is 9.83. The van der Waals surface area contributed by atoms with E-state index in [-0.39, 0.29) is 30.4 Å². The standard InChI is InChI=1S/C29H30N2O5/c1-19-17-24(15-16-32)36-29(19)25-5-3-4-6-26(25)31(28(29)34)18-20-7-11-22(12-8-20)30-27(33)21-9-13-23(35-2)14-10-21/h3-14,19,24,32H,15-18H2,1-2H3,(H,30,33)/t19-,24+,29+/m1/s1. The Balaban J connectivity index is 1.33. The van der Waals surface area contributed by atoms with Gasteiger partial charge in [0.25, 0.3) is 11.8 Å². The van der Waals surface area contributed by atoms with E-state index in [0.717, 1.165) is 23.2 Å². The van der Waals surface area contributed by atoms with E-state index >= 15 is 0 Å². The van der Waals surface area contributed by atoms with E-state index in [1.165, 1.54) is 0 Å². The molecule has 36 heavy (non-hydrogen) atoms. The van der Waals surface area contributed by atoms with Gasteiger partial charge in [0.1, 0.15) is 5.75 Å². The molecule has 1 saturated heterocycles. The summed E-state index contributed by atoms with van der Waals surface area (Å²) in [5.74, 6) is 0.426. The summed E-state index contributed by atoms with van der Waals surface area (Å²) in [4.78, 5) is 28.2. The molecule has 2 N–H and O–H groups in total. The van der Waals surface area contributed by atoms with Gasteiger partial charge in [-0.3, -0.25) is 9.59 Å². The number of ether oxygens (including phenoxy) is 2. The molecule has 0 aromatic heterocycles. The molecule has 2 aliphatic rings. The van der Waals surface area contributed by atoms with Crippen LogP contribution in [0.2, 0.25) is 0 Å². The highest BCUT2D eigenvalue weighted by atomic mass is 16.5. The van der Waals surface area contributed by atoms with E-state index in [1.54, 1.807) is 36.3 Å². The van der Waals surface area contributed by atoms with Gasteiger partial charge in [-0.15, -0.1) is 0 Å². The first-order chi connectivity index (χ1) is 17.5. The molecule has 7 heteroatoms. The fourth-order valence-electron chi connectivity index (χ4n) is 5.33. The minimum absolute atomic E-state index is 0.00300. The van der Waals surface area contributed by atoms with E-state index in [4.69, 9.17) is 9.47 Å². The Morgan fingerprint density at radius 3 is 2.53 bits per heavy atom. The second-order valence-corrected chi connectivity index (χ2v) is 9.41. The van der Waals surface area contributed by atoms with Crippen molar-refractivity contribution in [3.63, 3.8) is 0 Å². The molecule has 2 aliphatic heterocycles. The maximum Gasteiger partial charge on any atom is 0.264 e. The molecule has 3 atom stereocenters. The van der Waals surface area contributed by atoms with E-state index < -0.39 is 5.60 Å². The molecule has 2 amide bonds. The molecule has 186 valence electrons. The predicted molar refractivity (Wildman–Crippen MR) is 137 cm³/mol. The van der Waals surface area contributed by atoms with Gasteiger partial charge < -0.3 is 24.8 Å². The molecule has 0 unspecified atom stereocenters. The van der Waals surface area contributed by atoms with Crippen LogP contribution in [0.25, 0.3) is 0 Å². The Kier molecular flexibility index (Phi) is 6.51. The minimum atomic E-state index is -1.01. The smallest absolute Gasteiger partial charge is 0.264 e. The highest BCUT2D eigenvalue weighted by Gasteiger charge is 2.59. The molecule has 1 fully saturated rings. The van der Waals surface area contributed by atoms with E-state index in [9.17, 15) is 14.7 Å². The second kappa shape index (κ2) is 9.76. The maximum absolute atomic E-state index is 13.8. The normalized spacial score (nSPS) is 22.6. The van der Waals surface area contributed by atoms with Gasteiger partial charge in [-0.05, 0) is 60.9 Å². The van der Waals surface area contributed by atoms with Crippen LogP contribution in [0.1, 0.15) is 41.3 Å². The zero-order valence-electron chi connectivity index (χ0n) is 20.4. The number of fused-ring (bicyclic) bond motifs is 2. The lowest BCUT2D eigenvalue weighted by Gasteiger charge is -2.28. The summed E-state index contributed by atoms with van der Waals surface area (Å²) in [5.41, 5.74) is 2.89. The third-order valence-corrected chi connectivity index (χ3v) is 7.18. The van der Waals surface area contributed by atoms with Crippen LogP contribution in [0.5, 0.6) is 5.75 Å². The van der Waals surface area contributed by atoms with Crippen molar-refractivity contribution < 1.29 is 24.2 Å². The molecule has 0 aliphatic carbocycles. The number of hydrogen-bond donors (Lipinski definition) is 2. The van der Waals surface area contributed by atoms with Crippen LogP contribution < -0.4 is 15.0 Å². The number of aliphatic hydroxyl groups excluding tert-OH is 1. The number of nitrogens with one attached hydrogen (secondary N) is 1. The fraction of sp³-hybridized carbons (Fsp3) is 0.310. The van der Waals surface area contributed by atoms with Gasteiger partial charge in [0.05, 0.1) is 25.4 Å². The van der Waals surface area contributed by atoms with Gasteiger partial charge in [-0.2, -0.15) is 0 Å². The van der Waals surface area contributed by atoms with E-state index in [0.29, 0.717) is 30.0 Å². The number of anilines is 2. The molecule has 2 heterocycles. The number of rotatable bonds is 7. The van der Waals surface area contributed by atoms with Crippen molar-refractivity contribution in [2.24, 2.45) is 5.92 Å². The van der Waals surface area contributed by atoms with Crippen LogP contribution in [0.15, 0.2) is 72.8 Å². The number of carbonyl (C=O) groups is 2. The molecule has 0 saturated carbocycles. The lowest BCUT2D eigenvalue weighted by Crippen LogP contribution is -2.43. The molecular weight excluding hydrogens is 456 g/mol. The number of amides is 2. The van der Waals surface area contributed by atoms with Gasteiger partial charge in [0.2, 0.25) is 0 Å². The van der Waals surface area contributed by atoms with Crippen molar-refractivity contribution in [3.05, 3.63) is 89.5 Å². The largest absolute Gasteiger partial charge is 0.497 e. The number of nitrogens with zero attached hydrogens (tertiary/aromatic N) is 1. The van der Waals surface area contributed by atoms with Crippen LogP contribution in [0.3, 0.4) is 0 Å². The van der Waals surface area contributed by atoms with Crippen LogP contribution in [-0.2, 0) is 21.7 Å². The molecule has 3 aromatic rings. The topological polar surface area (TPSA) is 88.1 Å². The van der Waals surface area contributed by atoms with Crippen LogP contribution in [0.4, 0.5) is 11.4 Å². The number of carbonyl (C=O) groups excluding carboxylic acids is 2. The number of benzene rings is 3. The Morgan fingerprint density at radius 2 is 1.83 bits per heavy atom. The minimum Gasteiger partial charge on any atom is -0.497 e. The summed E-state index contributed by atoms with van der Waals surface area (Å²) in [7, 11) is 1.58. The first-order valence-corrected chi connectivity index (χ1v) is 12.2. The first-order valence-electron chi connectivity index (χ1n) is 12.2. The number of para-hydroxylation sites is 1. The quantitative estimate of drug-likeness (QED) is 0.514. The Labute approximate surface area is 210 Å². The van der Waals surface area contributed by atoms with Crippen molar-refractivity contribution >= 4 is 23.2 Å². The molecule has 3 aromatic carbocycles. The average molecular weight is 487 g/mol. The third kappa shape index (κ3) is 4.14. The third-order valence-electron chi connectivity index (χ3n) is 7.18. The Morgan fingerprint density at radius 1 is 1.11 bits per heavy atom. The number of methoxy groups -OCH3 is 1. The van der Waals surface area contributed by atoms with Crippen molar-refractivity contribution in [2.45, 2.75) is 38.0 Å². The molecule has 1 spiro atoms. The summed E-state index contributed by atoms with van der Waals surface area (Å²) in [6.45, 7) is 2.48. The SMILES string of the molecule is COc1ccc(C(=O)Nc2ccc(CN3C(=O)[C@@]4(O[C@@H](CCO)C[C@H]4C)c4ccccc43)cc2)cc1. The number of aliphatic hydroxyl groups is 1. The maximum atomic E-state index is 13.8.